The van der Waals surface area contributed by atoms with Crippen LogP contribution in [0, 0.1) is 5.82 Å². The van der Waals surface area contributed by atoms with Crippen molar-refractivity contribution in [1.29, 1.82) is 0 Å². The Kier molecular flexibility index (Phi) is 3.65. The molecule has 0 bridgehead atoms. The number of hydrogen-bond donors (Lipinski definition) is 1. The molecule has 0 saturated carbocycles. The molecule has 2 aromatic carbocycles. The van der Waals surface area contributed by atoms with Gasteiger partial charge in [0.1, 0.15) is 5.82 Å². The number of anilines is 1. The van der Waals surface area contributed by atoms with Gasteiger partial charge in [-0.2, -0.15) is 0 Å². The third kappa shape index (κ3) is 2.65. The molecule has 3 rings (SSSR count). The molecule has 1 heterocycles. The third-order valence-electron chi connectivity index (χ3n) is 3.12. The molecule has 1 N–H and O–H groups in total. The topological polar surface area (TPSA) is 24.9 Å². The maximum absolute atomic E-state index is 13.3. The van der Waals surface area contributed by atoms with E-state index in [0.29, 0.717) is 6.54 Å². The molecule has 20 heavy (non-hydrogen) atoms. The van der Waals surface area contributed by atoms with Crippen LogP contribution in [-0.2, 0) is 6.54 Å². The summed E-state index contributed by atoms with van der Waals surface area (Å²) in [6.45, 7) is 0.548. The first-order valence-corrected chi connectivity index (χ1v) is 7.05. The molecule has 1 aromatic heterocycles. The molecular weight excluding hydrogens is 319 g/mol. The van der Waals surface area contributed by atoms with Crippen molar-refractivity contribution in [2.24, 2.45) is 0 Å². The average Bonchev–Trinajstić information content (AvgIpc) is 2.48. The molecule has 2 nitrogen and oxygen atoms in total. The highest BCUT2D eigenvalue weighted by Crippen LogP contribution is 2.24. The zero-order valence-corrected chi connectivity index (χ0v) is 12.2. The van der Waals surface area contributed by atoms with Crippen LogP contribution in [0.1, 0.15) is 5.56 Å². The number of aromatic nitrogens is 1. The number of fused-ring (bicyclic) bond motifs is 1. The van der Waals surface area contributed by atoms with E-state index in [4.69, 9.17) is 0 Å². The molecule has 4 heteroatoms. The number of pyridine rings is 1. The highest BCUT2D eigenvalue weighted by atomic mass is 79.9. The molecule has 3 aromatic rings. The molecule has 0 spiro atoms. The molecule has 0 amide bonds. The highest BCUT2D eigenvalue weighted by molar-refractivity contribution is 9.10. The summed E-state index contributed by atoms with van der Waals surface area (Å²) < 4.78 is 14.2. The summed E-state index contributed by atoms with van der Waals surface area (Å²) in [5.74, 6) is -0.232. The van der Waals surface area contributed by atoms with Crippen molar-refractivity contribution in [3.05, 3.63) is 70.6 Å². The van der Waals surface area contributed by atoms with Gasteiger partial charge >= 0.3 is 0 Å². The SMILES string of the molecule is Fc1ccc(Br)c(CNc2cccc3ncccc23)c1. The minimum Gasteiger partial charge on any atom is -0.380 e. The highest BCUT2D eigenvalue weighted by Gasteiger charge is 2.04. The lowest BCUT2D eigenvalue weighted by Crippen LogP contribution is -2.01. The largest absolute Gasteiger partial charge is 0.380 e. The Morgan fingerprint density at radius 2 is 2.00 bits per heavy atom. The Bertz CT molecular complexity index is 753. The standard InChI is InChI=1S/C16H12BrFN2/c17-14-7-6-12(18)9-11(14)10-20-16-5-1-4-15-13(16)3-2-8-19-15/h1-9,20H,10H2. The fourth-order valence-electron chi connectivity index (χ4n) is 2.13. The van der Waals surface area contributed by atoms with Gasteiger partial charge in [-0.15, -0.1) is 0 Å². The minimum absolute atomic E-state index is 0.232. The van der Waals surface area contributed by atoms with Gasteiger partial charge in [0.2, 0.25) is 0 Å². The van der Waals surface area contributed by atoms with Crippen molar-refractivity contribution in [3.8, 4) is 0 Å². The predicted molar refractivity (Wildman–Crippen MR) is 83.2 cm³/mol. The number of nitrogens with one attached hydrogen (secondary N) is 1. The van der Waals surface area contributed by atoms with E-state index >= 15 is 0 Å². The van der Waals surface area contributed by atoms with E-state index in [1.807, 2.05) is 30.3 Å². The van der Waals surface area contributed by atoms with Crippen molar-refractivity contribution in [1.82, 2.24) is 4.98 Å². The molecule has 0 radical (unpaired) electrons. The van der Waals surface area contributed by atoms with Gasteiger partial charge in [0.15, 0.2) is 0 Å². The number of hydrogen-bond acceptors (Lipinski definition) is 2. The molecule has 0 unspecified atom stereocenters. The summed E-state index contributed by atoms with van der Waals surface area (Å²) >= 11 is 3.43. The van der Waals surface area contributed by atoms with Gasteiger partial charge in [0, 0.05) is 28.3 Å². The normalized spacial score (nSPS) is 10.7. The number of rotatable bonds is 3. The first kappa shape index (κ1) is 13.1. The van der Waals surface area contributed by atoms with E-state index in [1.54, 1.807) is 12.3 Å². The second-order valence-corrected chi connectivity index (χ2v) is 5.32. The Balaban J connectivity index is 1.89. The van der Waals surface area contributed by atoms with E-state index in [0.717, 1.165) is 26.6 Å². The molecule has 0 aliphatic carbocycles. The number of halogens is 2. The summed E-state index contributed by atoms with van der Waals surface area (Å²) in [6, 6.07) is 14.5. The van der Waals surface area contributed by atoms with E-state index in [2.05, 4.69) is 26.2 Å². The summed E-state index contributed by atoms with van der Waals surface area (Å²) in [5, 5.41) is 4.39. The van der Waals surface area contributed by atoms with Crippen LogP contribution >= 0.6 is 15.9 Å². The van der Waals surface area contributed by atoms with Gasteiger partial charge in [-0.25, -0.2) is 4.39 Å². The van der Waals surface area contributed by atoms with Crippen LogP contribution in [-0.4, -0.2) is 4.98 Å². The van der Waals surface area contributed by atoms with Crippen molar-refractivity contribution in [3.63, 3.8) is 0 Å². The smallest absolute Gasteiger partial charge is 0.123 e. The van der Waals surface area contributed by atoms with Crippen LogP contribution in [0.3, 0.4) is 0 Å². The quantitative estimate of drug-likeness (QED) is 0.749. The van der Waals surface area contributed by atoms with Gasteiger partial charge in [-0.1, -0.05) is 22.0 Å². The third-order valence-corrected chi connectivity index (χ3v) is 3.90. The van der Waals surface area contributed by atoms with Crippen LogP contribution in [0.15, 0.2) is 59.2 Å². The molecule has 0 atom stereocenters. The Morgan fingerprint density at radius 3 is 2.90 bits per heavy atom. The Morgan fingerprint density at radius 1 is 1.10 bits per heavy atom. The molecule has 0 aliphatic heterocycles. The summed E-state index contributed by atoms with van der Waals surface area (Å²) in [5.41, 5.74) is 2.81. The maximum atomic E-state index is 13.3. The maximum Gasteiger partial charge on any atom is 0.123 e. The van der Waals surface area contributed by atoms with Crippen LogP contribution in [0.2, 0.25) is 0 Å². The predicted octanol–water partition coefficient (Wildman–Crippen LogP) is 4.75. The lowest BCUT2D eigenvalue weighted by Gasteiger charge is -2.10. The van der Waals surface area contributed by atoms with Crippen LogP contribution in [0.25, 0.3) is 10.9 Å². The van der Waals surface area contributed by atoms with Gasteiger partial charge in [-0.05, 0) is 48.0 Å². The molecule has 0 saturated heterocycles. The second-order valence-electron chi connectivity index (χ2n) is 4.46. The van der Waals surface area contributed by atoms with Gasteiger partial charge in [-0.3, -0.25) is 4.98 Å². The summed E-state index contributed by atoms with van der Waals surface area (Å²) in [7, 11) is 0. The minimum atomic E-state index is -0.232. The molecule has 0 aliphatic rings. The zero-order valence-electron chi connectivity index (χ0n) is 10.6. The van der Waals surface area contributed by atoms with Crippen LogP contribution < -0.4 is 5.32 Å². The van der Waals surface area contributed by atoms with Crippen molar-refractivity contribution in [2.75, 3.05) is 5.32 Å². The first-order chi connectivity index (χ1) is 9.74. The number of nitrogens with zero attached hydrogens (tertiary/aromatic N) is 1. The first-order valence-electron chi connectivity index (χ1n) is 6.25. The van der Waals surface area contributed by atoms with Gasteiger partial charge in [0.05, 0.1) is 5.52 Å². The average molecular weight is 331 g/mol. The fraction of sp³-hybridized carbons (Fsp3) is 0.0625. The van der Waals surface area contributed by atoms with Crippen molar-refractivity contribution < 1.29 is 4.39 Å². The van der Waals surface area contributed by atoms with Crippen molar-refractivity contribution in [2.45, 2.75) is 6.54 Å². The van der Waals surface area contributed by atoms with Gasteiger partial charge in [0.25, 0.3) is 0 Å². The zero-order chi connectivity index (χ0) is 13.9. The monoisotopic (exact) mass is 330 g/mol. The number of benzene rings is 2. The Hall–Kier alpha value is -1.94. The van der Waals surface area contributed by atoms with E-state index in [-0.39, 0.29) is 5.82 Å². The van der Waals surface area contributed by atoms with Crippen molar-refractivity contribution >= 4 is 32.5 Å². The Labute approximate surface area is 124 Å². The van der Waals surface area contributed by atoms with E-state index in [1.165, 1.54) is 12.1 Å². The van der Waals surface area contributed by atoms with E-state index in [9.17, 15) is 4.39 Å². The lowest BCUT2D eigenvalue weighted by atomic mass is 10.1. The summed E-state index contributed by atoms with van der Waals surface area (Å²) in [6.07, 6.45) is 1.77. The van der Waals surface area contributed by atoms with Crippen LogP contribution in [0.5, 0.6) is 0 Å². The lowest BCUT2D eigenvalue weighted by molar-refractivity contribution is 0.625. The fourth-order valence-corrected chi connectivity index (χ4v) is 2.51. The molecule has 100 valence electrons. The van der Waals surface area contributed by atoms with Gasteiger partial charge < -0.3 is 5.32 Å². The van der Waals surface area contributed by atoms with E-state index < -0.39 is 0 Å². The molecular formula is C16H12BrFN2. The van der Waals surface area contributed by atoms with Crippen LogP contribution in [0.4, 0.5) is 10.1 Å². The second kappa shape index (κ2) is 5.59. The molecule has 0 fully saturated rings. The summed E-state index contributed by atoms with van der Waals surface area (Å²) in [4.78, 5) is 4.32.